The topological polar surface area (TPSA) is 87.2 Å². The number of nitrogens with one attached hydrogen (secondary N) is 2. The Morgan fingerprint density at radius 3 is 2.90 bits per heavy atom. The van der Waals surface area contributed by atoms with Crippen LogP contribution in [0.2, 0.25) is 0 Å². The SMILES string of the molecule is CC[C@H](O)CNC(=O)c1cc(COc2ccccc2)[nH]n1. The maximum absolute atomic E-state index is 11.8. The van der Waals surface area contributed by atoms with Gasteiger partial charge in [-0.15, -0.1) is 0 Å². The molecule has 1 aromatic carbocycles. The molecule has 1 atom stereocenters. The minimum atomic E-state index is -0.534. The molecule has 0 saturated heterocycles. The zero-order valence-electron chi connectivity index (χ0n) is 11.9. The number of H-pyrrole nitrogens is 1. The number of amides is 1. The second-order valence-corrected chi connectivity index (χ2v) is 4.65. The highest BCUT2D eigenvalue weighted by Gasteiger charge is 2.11. The van der Waals surface area contributed by atoms with Gasteiger partial charge < -0.3 is 15.2 Å². The molecule has 1 aromatic heterocycles. The maximum atomic E-state index is 11.8. The molecule has 6 nitrogen and oxygen atoms in total. The van der Waals surface area contributed by atoms with Crippen molar-refractivity contribution in [1.82, 2.24) is 15.5 Å². The molecule has 0 spiro atoms. The summed E-state index contributed by atoms with van der Waals surface area (Å²) >= 11 is 0. The summed E-state index contributed by atoms with van der Waals surface area (Å²) in [6, 6.07) is 11.0. The Bertz CT molecular complexity index is 569. The Morgan fingerprint density at radius 1 is 1.43 bits per heavy atom. The molecule has 0 fully saturated rings. The van der Waals surface area contributed by atoms with Crippen LogP contribution in [0.4, 0.5) is 0 Å². The van der Waals surface area contributed by atoms with Gasteiger partial charge in [0, 0.05) is 6.54 Å². The highest BCUT2D eigenvalue weighted by molar-refractivity contribution is 5.92. The number of nitrogens with zero attached hydrogens (tertiary/aromatic N) is 1. The molecule has 0 saturated carbocycles. The standard InChI is InChI=1S/C15H19N3O3/c1-2-12(19)9-16-15(20)14-8-11(17-18-14)10-21-13-6-4-3-5-7-13/h3-8,12,19H,2,9-10H2,1H3,(H,16,20)(H,17,18)/t12-/m0/s1. The normalized spacial score (nSPS) is 11.9. The van der Waals surface area contributed by atoms with Gasteiger partial charge in [-0.2, -0.15) is 5.10 Å². The van der Waals surface area contributed by atoms with E-state index in [1.807, 2.05) is 37.3 Å². The van der Waals surface area contributed by atoms with Crippen molar-refractivity contribution in [2.45, 2.75) is 26.1 Å². The molecule has 0 unspecified atom stereocenters. The Kier molecular flexibility index (Phi) is 5.34. The number of benzene rings is 1. The fourth-order valence-corrected chi connectivity index (χ4v) is 1.68. The number of aromatic nitrogens is 2. The van der Waals surface area contributed by atoms with Gasteiger partial charge in [-0.05, 0) is 24.6 Å². The number of hydrogen-bond acceptors (Lipinski definition) is 4. The lowest BCUT2D eigenvalue weighted by molar-refractivity contribution is 0.0909. The van der Waals surface area contributed by atoms with E-state index < -0.39 is 6.10 Å². The molecule has 0 aliphatic rings. The molecule has 0 bridgehead atoms. The largest absolute Gasteiger partial charge is 0.487 e. The number of rotatable bonds is 7. The van der Waals surface area contributed by atoms with E-state index in [0.29, 0.717) is 18.7 Å². The first-order valence-electron chi connectivity index (χ1n) is 6.87. The molecule has 0 aliphatic carbocycles. The van der Waals surface area contributed by atoms with Crippen LogP contribution in [0.15, 0.2) is 36.4 Å². The van der Waals surface area contributed by atoms with Crippen LogP contribution in [-0.2, 0) is 6.61 Å². The van der Waals surface area contributed by atoms with Gasteiger partial charge in [-0.1, -0.05) is 25.1 Å². The molecule has 112 valence electrons. The molecular weight excluding hydrogens is 270 g/mol. The summed E-state index contributed by atoms with van der Waals surface area (Å²) in [5.74, 6) is 0.439. The monoisotopic (exact) mass is 289 g/mol. The zero-order valence-corrected chi connectivity index (χ0v) is 11.9. The van der Waals surface area contributed by atoms with E-state index in [9.17, 15) is 9.90 Å². The summed E-state index contributed by atoms with van der Waals surface area (Å²) in [6.07, 6.45) is 0.0607. The van der Waals surface area contributed by atoms with Gasteiger partial charge in [0.25, 0.3) is 5.91 Å². The van der Waals surface area contributed by atoms with Crippen molar-refractivity contribution in [2.24, 2.45) is 0 Å². The quantitative estimate of drug-likeness (QED) is 0.720. The number of aliphatic hydroxyl groups excluding tert-OH is 1. The third kappa shape index (κ3) is 4.61. The lowest BCUT2D eigenvalue weighted by atomic mass is 10.2. The first-order valence-corrected chi connectivity index (χ1v) is 6.87. The molecule has 1 heterocycles. The molecule has 3 N–H and O–H groups in total. The molecule has 2 aromatic rings. The van der Waals surface area contributed by atoms with E-state index in [1.54, 1.807) is 6.07 Å². The lowest BCUT2D eigenvalue weighted by Gasteiger charge is -2.07. The predicted octanol–water partition coefficient (Wildman–Crippen LogP) is 1.49. The Labute approximate surface area is 123 Å². The summed E-state index contributed by atoms with van der Waals surface area (Å²) in [5.41, 5.74) is 0.991. The van der Waals surface area contributed by atoms with Gasteiger partial charge >= 0.3 is 0 Å². The van der Waals surface area contributed by atoms with Crippen molar-refractivity contribution in [3.63, 3.8) is 0 Å². The fourth-order valence-electron chi connectivity index (χ4n) is 1.68. The van der Waals surface area contributed by atoms with E-state index in [4.69, 9.17) is 4.74 Å². The Balaban J connectivity index is 1.85. The maximum Gasteiger partial charge on any atom is 0.271 e. The van der Waals surface area contributed by atoms with E-state index in [-0.39, 0.29) is 18.1 Å². The van der Waals surface area contributed by atoms with Gasteiger partial charge in [0.05, 0.1) is 11.8 Å². The van der Waals surface area contributed by atoms with Crippen molar-refractivity contribution in [1.29, 1.82) is 0 Å². The average Bonchev–Trinajstić information content (AvgIpc) is 3.00. The molecule has 1 amide bonds. The van der Waals surface area contributed by atoms with Gasteiger partial charge in [0.2, 0.25) is 0 Å². The average molecular weight is 289 g/mol. The summed E-state index contributed by atoms with van der Waals surface area (Å²) in [5, 5.41) is 18.7. The molecule has 2 rings (SSSR count). The molecular formula is C15H19N3O3. The van der Waals surface area contributed by atoms with Crippen LogP contribution in [0, 0.1) is 0 Å². The summed E-state index contributed by atoms with van der Waals surface area (Å²) in [6.45, 7) is 2.38. The van der Waals surface area contributed by atoms with E-state index in [2.05, 4.69) is 15.5 Å². The summed E-state index contributed by atoms with van der Waals surface area (Å²) < 4.78 is 5.56. The number of hydrogen-bond donors (Lipinski definition) is 3. The van der Waals surface area contributed by atoms with Gasteiger partial charge in [-0.3, -0.25) is 9.89 Å². The first kappa shape index (κ1) is 15.1. The number of aliphatic hydroxyl groups is 1. The predicted molar refractivity (Wildman–Crippen MR) is 78.0 cm³/mol. The van der Waals surface area contributed by atoms with Crippen LogP contribution in [0.5, 0.6) is 5.75 Å². The second-order valence-electron chi connectivity index (χ2n) is 4.65. The molecule has 0 aliphatic heterocycles. The fraction of sp³-hybridized carbons (Fsp3) is 0.333. The second kappa shape index (κ2) is 7.44. The number of para-hydroxylation sites is 1. The van der Waals surface area contributed by atoms with Crippen molar-refractivity contribution in [2.75, 3.05) is 6.54 Å². The highest BCUT2D eigenvalue weighted by atomic mass is 16.5. The van der Waals surface area contributed by atoms with Crippen molar-refractivity contribution in [3.8, 4) is 5.75 Å². The first-order chi connectivity index (χ1) is 10.2. The van der Waals surface area contributed by atoms with Crippen LogP contribution in [0.1, 0.15) is 29.5 Å². The number of carbonyl (C=O) groups excluding carboxylic acids is 1. The number of carbonyl (C=O) groups is 1. The van der Waals surface area contributed by atoms with Gasteiger partial charge in [0.15, 0.2) is 0 Å². The van der Waals surface area contributed by atoms with Crippen molar-refractivity contribution >= 4 is 5.91 Å². The summed E-state index contributed by atoms with van der Waals surface area (Å²) in [4.78, 5) is 11.8. The number of aromatic amines is 1. The van der Waals surface area contributed by atoms with E-state index in [0.717, 1.165) is 5.75 Å². The highest BCUT2D eigenvalue weighted by Crippen LogP contribution is 2.11. The Hall–Kier alpha value is -2.34. The van der Waals surface area contributed by atoms with Crippen LogP contribution in [0.25, 0.3) is 0 Å². The van der Waals surface area contributed by atoms with Gasteiger partial charge in [0.1, 0.15) is 18.1 Å². The molecule has 21 heavy (non-hydrogen) atoms. The third-order valence-electron chi connectivity index (χ3n) is 2.97. The van der Waals surface area contributed by atoms with Crippen LogP contribution >= 0.6 is 0 Å². The van der Waals surface area contributed by atoms with Crippen molar-refractivity contribution < 1.29 is 14.6 Å². The van der Waals surface area contributed by atoms with Gasteiger partial charge in [-0.25, -0.2) is 0 Å². The third-order valence-corrected chi connectivity index (χ3v) is 2.97. The van der Waals surface area contributed by atoms with Crippen LogP contribution in [0.3, 0.4) is 0 Å². The smallest absolute Gasteiger partial charge is 0.271 e. The minimum Gasteiger partial charge on any atom is -0.487 e. The van der Waals surface area contributed by atoms with Crippen molar-refractivity contribution in [3.05, 3.63) is 47.8 Å². The van der Waals surface area contributed by atoms with Crippen LogP contribution in [-0.4, -0.2) is 33.9 Å². The van der Waals surface area contributed by atoms with E-state index >= 15 is 0 Å². The van der Waals surface area contributed by atoms with Crippen LogP contribution < -0.4 is 10.1 Å². The minimum absolute atomic E-state index is 0.220. The Morgan fingerprint density at radius 2 is 2.19 bits per heavy atom. The lowest BCUT2D eigenvalue weighted by Crippen LogP contribution is -2.31. The number of ether oxygens (including phenoxy) is 1. The summed E-state index contributed by atoms with van der Waals surface area (Å²) in [7, 11) is 0. The zero-order chi connectivity index (χ0) is 15.1. The van der Waals surface area contributed by atoms with E-state index in [1.165, 1.54) is 0 Å². The molecule has 6 heteroatoms. The molecule has 0 radical (unpaired) electrons.